The van der Waals surface area contributed by atoms with Gasteiger partial charge in [0.2, 0.25) is 0 Å². The van der Waals surface area contributed by atoms with Crippen molar-refractivity contribution < 1.29 is 0 Å². The van der Waals surface area contributed by atoms with E-state index >= 15 is 0 Å². The zero-order valence-corrected chi connectivity index (χ0v) is 13.3. The first-order valence-electron chi connectivity index (χ1n) is 7.11. The molecule has 0 bridgehead atoms. The summed E-state index contributed by atoms with van der Waals surface area (Å²) >= 11 is 7.54. The van der Waals surface area contributed by atoms with E-state index in [4.69, 9.17) is 11.6 Å². The van der Waals surface area contributed by atoms with Crippen LogP contribution in [0.25, 0.3) is 0 Å². The van der Waals surface area contributed by atoms with Crippen LogP contribution in [0.1, 0.15) is 29.6 Å². The van der Waals surface area contributed by atoms with Crippen LogP contribution in [0.15, 0.2) is 29.6 Å². The predicted octanol–water partition coefficient (Wildman–Crippen LogP) is 4.27. The number of anilines is 1. The molecule has 1 unspecified atom stereocenters. The number of rotatable bonds is 4. The van der Waals surface area contributed by atoms with Crippen molar-refractivity contribution in [2.75, 3.05) is 11.4 Å². The lowest BCUT2D eigenvalue weighted by molar-refractivity contribution is 0.561. The van der Waals surface area contributed by atoms with E-state index < -0.39 is 0 Å². The lowest BCUT2D eigenvalue weighted by Crippen LogP contribution is -2.38. The molecule has 0 aliphatic carbocycles. The molecule has 0 radical (unpaired) electrons. The fourth-order valence-corrected chi connectivity index (χ4v) is 3.86. The molecule has 1 atom stereocenters. The highest BCUT2D eigenvalue weighted by Gasteiger charge is 2.22. The van der Waals surface area contributed by atoms with Gasteiger partial charge in [-0.1, -0.05) is 18.2 Å². The van der Waals surface area contributed by atoms with Gasteiger partial charge in [-0.25, -0.2) is 4.98 Å². The molecule has 3 rings (SSSR count). The first-order valence-corrected chi connectivity index (χ1v) is 8.53. The third-order valence-electron chi connectivity index (χ3n) is 3.97. The molecule has 1 aromatic carbocycles. The molecule has 2 nitrogen and oxygen atoms in total. The van der Waals surface area contributed by atoms with Crippen LogP contribution in [-0.2, 0) is 18.7 Å². The highest BCUT2D eigenvalue weighted by molar-refractivity contribution is 7.09. The maximum atomic E-state index is 5.81. The van der Waals surface area contributed by atoms with Crippen molar-refractivity contribution in [1.29, 1.82) is 0 Å². The topological polar surface area (TPSA) is 16.1 Å². The Morgan fingerprint density at radius 1 is 1.40 bits per heavy atom. The summed E-state index contributed by atoms with van der Waals surface area (Å²) in [5, 5.41) is 3.26. The van der Waals surface area contributed by atoms with Crippen molar-refractivity contribution in [3.05, 3.63) is 45.9 Å². The summed E-state index contributed by atoms with van der Waals surface area (Å²) in [6.45, 7) is 3.36. The molecule has 106 valence electrons. The first kappa shape index (κ1) is 13.9. The zero-order valence-electron chi connectivity index (χ0n) is 11.7. The molecule has 0 amide bonds. The van der Waals surface area contributed by atoms with Gasteiger partial charge in [-0.05, 0) is 31.4 Å². The predicted molar refractivity (Wildman–Crippen MR) is 86.9 cm³/mol. The van der Waals surface area contributed by atoms with E-state index in [-0.39, 0.29) is 0 Å². The number of fused-ring (bicyclic) bond motifs is 1. The number of para-hydroxylation sites is 1. The second kappa shape index (κ2) is 6.15. The Morgan fingerprint density at radius 2 is 2.25 bits per heavy atom. The fourth-order valence-electron chi connectivity index (χ4n) is 2.84. The van der Waals surface area contributed by atoms with Crippen molar-refractivity contribution in [3.63, 3.8) is 0 Å². The number of thiazole rings is 1. The number of aromatic nitrogens is 1. The van der Waals surface area contributed by atoms with E-state index in [9.17, 15) is 0 Å². The number of nitrogens with zero attached hydrogens (tertiary/aromatic N) is 2. The molecule has 20 heavy (non-hydrogen) atoms. The van der Waals surface area contributed by atoms with Crippen LogP contribution < -0.4 is 4.90 Å². The Labute approximate surface area is 129 Å². The normalized spacial score (nSPS) is 18.1. The Morgan fingerprint density at radius 3 is 3.05 bits per heavy atom. The van der Waals surface area contributed by atoms with Crippen LogP contribution in [-0.4, -0.2) is 17.6 Å². The third-order valence-corrected chi connectivity index (χ3v) is 5.20. The van der Waals surface area contributed by atoms with Gasteiger partial charge >= 0.3 is 0 Å². The van der Waals surface area contributed by atoms with Gasteiger partial charge in [0.1, 0.15) is 0 Å². The number of benzene rings is 1. The van der Waals surface area contributed by atoms with Gasteiger partial charge in [-0.2, -0.15) is 0 Å². The summed E-state index contributed by atoms with van der Waals surface area (Å²) in [7, 11) is 0. The Balaban J connectivity index is 1.73. The van der Waals surface area contributed by atoms with E-state index in [0.29, 0.717) is 11.9 Å². The maximum Gasteiger partial charge on any atom is 0.0946 e. The van der Waals surface area contributed by atoms with Gasteiger partial charge in [0.15, 0.2) is 0 Å². The number of hydrogen-bond donors (Lipinski definition) is 0. The molecule has 0 saturated heterocycles. The van der Waals surface area contributed by atoms with Crippen molar-refractivity contribution in [3.8, 4) is 0 Å². The molecule has 1 aliphatic rings. The van der Waals surface area contributed by atoms with Crippen molar-refractivity contribution in [1.82, 2.24) is 4.98 Å². The standard InChI is InChI=1S/C16H19ClN2S/c1-12-6-7-13-4-2-3-5-15(13)19(12)9-8-16-18-14(10-17)11-20-16/h2-5,11-12H,6-10H2,1H3. The third kappa shape index (κ3) is 2.84. The van der Waals surface area contributed by atoms with E-state index in [1.165, 1.54) is 29.1 Å². The molecule has 0 spiro atoms. The smallest absolute Gasteiger partial charge is 0.0946 e. The lowest BCUT2D eigenvalue weighted by Gasteiger charge is -2.37. The zero-order chi connectivity index (χ0) is 13.9. The molecule has 1 aromatic heterocycles. The van der Waals surface area contributed by atoms with Crippen molar-refractivity contribution >= 4 is 28.6 Å². The average molecular weight is 307 g/mol. The molecule has 1 aliphatic heterocycles. The van der Waals surface area contributed by atoms with Crippen LogP contribution in [0, 0.1) is 0 Å². The Kier molecular flexibility index (Phi) is 4.27. The number of hydrogen-bond acceptors (Lipinski definition) is 3. The number of aryl methyl sites for hydroxylation is 1. The molecule has 0 saturated carbocycles. The minimum atomic E-state index is 0.513. The van der Waals surface area contributed by atoms with Crippen LogP contribution in [0.4, 0.5) is 5.69 Å². The second-order valence-electron chi connectivity index (χ2n) is 5.33. The Bertz CT molecular complexity index is 581. The largest absolute Gasteiger partial charge is 0.368 e. The number of alkyl halides is 1. The van der Waals surface area contributed by atoms with Gasteiger partial charge in [-0.15, -0.1) is 22.9 Å². The second-order valence-corrected chi connectivity index (χ2v) is 6.54. The summed E-state index contributed by atoms with van der Waals surface area (Å²) < 4.78 is 0. The highest BCUT2D eigenvalue weighted by atomic mass is 35.5. The van der Waals surface area contributed by atoms with Gasteiger partial charge in [0, 0.05) is 30.1 Å². The molecular formula is C16H19ClN2S. The van der Waals surface area contributed by atoms with Gasteiger partial charge < -0.3 is 4.90 Å². The average Bonchev–Trinajstić information content (AvgIpc) is 2.94. The first-order chi connectivity index (χ1) is 9.78. The minimum absolute atomic E-state index is 0.513. The van der Waals surface area contributed by atoms with Crippen LogP contribution in [0.2, 0.25) is 0 Å². The number of halogens is 1. The van der Waals surface area contributed by atoms with Gasteiger partial charge in [-0.3, -0.25) is 0 Å². The van der Waals surface area contributed by atoms with E-state index in [1.54, 1.807) is 11.3 Å². The van der Waals surface area contributed by atoms with E-state index in [0.717, 1.165) is 18.7 Å². The summed E-state index contributed by atoms with van der Waals surface area (Å²) in [6.07, 6.45) is 3.43. The summed E-state index contributed by atoms with van der Waals surface area (Å²) in [6, 6.07) is 9.39. The fraction of sp³-hybridized carbons (Fsp3) is 0.438. The SMILES string of the molecule is CC1CCc2ccccc2N1CCc1nc(CCl)cs1. The molecule has 0 N–H and O–H groups in total. The molecule has 2 aromatic rings. The van der Waals surface area contributed by atoms with E-state index in [2.05, 4.69) is 46.5 Å². The monoisotopic (exact) mass is 306 g/mol. The molecule has 4 heteroatoms. The van der Waals surface area contributed by atoms with Crippen molar-refractivity contribution in [2.24, 2.45) is 0 Å². The molecular weight excluding hydrogens is 288 g/mol. The van der Waals surface area contributed by atoms with Crippen LogP contribution in [0.3, 0.4) is 0 Å². The van der Waals surface area contributed by atoms with Gasteiger partial charge in [0.25, 0.3) is 0 Å². The minimum Gasteiger partial charge on any atom is -0.368 e. The molecule has 0 fully saturated rings. The van der Waals surface area contributed by atoms with Crippen LogP contribution in [0.5, 0.6) is 0 Å². The van der Waals surface area contributed by atoms with E-state index in [1.807, 2.05) is 0 Å². The molecule has 2 heterocycles. The lowest BCUT2D eigenvalue weighted by atomic mass is 9.96. The summed E-state index contributed by atoms with van der Waals surface area (Å²) in [5.74, 6) is 0.513. The van der Waals surface area contributed by atoms with Gasteiger partial charge in [0.05, 0.1) is 16.6 Å². The Hall–Kier alpha value is -1.06. The summed E-state index contributed by atoms with van der Waals surface area (Å²) in [4.78, 5) is 7.08. The maximum absolute atomic E-state index is 5.81. The highest BCUT2D eigenvalue weighted by Crippen LogP contribution is 2.30. The van der Waals surface area contributed by atoms with Crippen LogP contribution >= 0.6 is 22.9 Å². The van der Waals surface area contributed by atoms with Crippen molar-refractivity contribution in [2.45, 2.75) is 38.1 Å². The summed E-state index contributed by atoms with van der Waals surface area (Å²) in [5.41, 5.74) is 3.88. The quantitative estimate of drug-likeness (QED) is 0.784.